The van der Waals surface area contributed by atoms with Crippen molar-refractivity contribution in [1.82, 2.24) is 9.88 Å². The Kier molecular flexibility index (Phi) is 7.82. The summed E-state index contributed by atoms with van der Waals surface area (Å²) in [5.74, 6) is 2.50. The average molecular weight is 484 g/mol. The van der Waals surface area contributed by atoms with Crippen LogP contribution in [-0.4, -0.2) is 80.6 Å². The van der Waals surface area contributed by atoms with Crippen LogP contribution in [0.15, 0.2) is 36.5 Å². The first-order valence-electron chi connectivity index (χ1n) is 12.3. The second-order valence-electron chi connectivity index (χ2n) is 9.75. The van der Waals surface area contributed by atoms with Crippen LogP contribution in [-0.2, 0) is 9.47 Å². The largest absolute Gasteiger partial charge is 0.495 e. The van der Waals surface area contributed by atoms with Gasteiger partial charge >= 0.3 is 0 Å². The monoisotopic (exact) mass is 483 g/mol. The van der Waals surface area contributed by atoms with Crippen molar-refractivity contribution in [2.24, 2.45) is 0 Å². The molecule has 0 aliphatic carbocycles. The molecule has 1 atom stereocenters. The second kappa shape index (κ2) is 10.8. The van der Waals surface area contributed by atoms with Crippen LogP contribution in [0.25, 0.3) is 0 Å². The summed E-state index contributed by atoms with van der Waals surface area (Å²) in [6.45, 7) is 9.22. The quantitative estimate of drug-likeness (QED) is 0.594. The van der Waals surface area contributed by atoms with E-state index in [1.54, 1.807) is 20.4 Å². The first-order chi connectivity index (χ1) is 16.8. The molecule has 2 aromatic rings. The predicted molar refractivity (Wildman–Crippen MR) is 135 cm³/mol. The van der Waals surface area contributed by atoms with Gasteiger partial charge in [0.1, 0.15) is 17.3 Å². The maximum atomic E-state index is 13.3. The van der Waals surface area contributed by atoms with E-state index in [1.807, 2.05) is 56.0 Å². The number of pyridine rings is 1. The number of likely N-dealkylation sites (tertiary alicyclic amines) is 1. The molecule has 0 N–H and O–H groups in total. The molecular weight excluding hydrogens is 446 g/mol. The highest BCUT2D eigenvalue weighted by molar-refractivity contribution is 5.94. The number of anilines is 1. The number of carbonyl (C=O) groups is 1. The number of amides is 1. The van der Waals surface area contributed by atoms with Gasteiger partial charge in [-0.25, -0.2) is 4.98 Å². The van der Waals surface area contributed by atoms with Gasteiger partial charge in [-0.3, -0.25) is 4.79 Å². The summed E-state index contributed by atoms with van der Waals surface area (Å²) in [5.41, 5.74) is 1.32. The second-order valence-corrected chi connectivity index (χ2v) is 9.75. The van der Waals surface area contributed by atoms with Crippen molar-refractivity contribution in [3.63, 3.8) is 0 Å². The lowest BCUT2D eigenvalue weighted by Crippen LogP contribution is -2.61. The Morgan fingerprint density at radius 3 is 2.57 bits per heavy atom. The molecule has 1 aromatic heterocycles. The highest BCUT2D eigenvalue weighted by Gasteiger charge is 2.44. The van der Waals surface area contributed by atoms with Gasteiger partial charge in [-0.05, 0) is 69.5 Å². The van der Waals surface area contributed by atoms with Gasteiger partial charge in [-0.1, -0.05) is 0 Å². The van der Waals surface area contributed by atoms with Crippen LogP contribution in [0.3, 0.4) is 0 Å². The summed E-state index contributed by atoms with van der Waals surface area (Å²) < 4.78 is 23.1. The molecule has 1 spiro atoms. The highest BCUT2D eigenvalue weighted by Crippen LogP contribution is 2.35. The number of hydrogen-bond acceptors (Lipinski definition) is 7. The van der Waals surface area contributed by atoms with Crippen LogP contribution in [0.1, 0.15) is 42.6 Å². The number of nitrogens with zero attached hydrogens (tertiary/aromatic N) is 3. The average Bonchev–Trinajstić information content (AvgIpc) is 2.85. The van der Waals surface area contributed by atoms with Crippen molar-refractivity contribution >= 4 is 11.7 Å². The van der Waals surface area contributed by atoms with Gasteiger partial charge in [0.05, 0.1) is 37.7 Å². The molecule has 4 rings (SSSR count). The first-order valence-corrected chi connectivity index (χ1v) is 12.3. The lowest BCUT2D eigenvalue weighted by molar-refractivity contribution is -0.145. The molecule has 2 saturated heterocycles. The standard InChI is InChI=1S/C27H37N3O5/c1-19(2)34-24-8-6-21(14-20(24)3)26(31)29-12-10-27(11-13-29)18-30(16-23(35-27)17-32-4)25-9-7-22(33-5)15-28-25/h6-9,14-15,19,23H,10-13,16-18H2,1-5H3. The molecule has 2 aliphatic rings. The molecule has 1 aromatic carbocycles. The van der Waals surface area contributed by atoms with Gasteiger partial charge in [0.15, 0.2) is 0 Å². The van der Waals surface area contributed by atoms with Crippen molar-refractivity contribution in [3.05, 3.63) is 47.7 Å². The van der Waals surface area contributed by atoms with Gasteiger partial charge in [0.25, 0.3) is 5.91 Å². The molecule has 3 heterocycles. The van der Waals surface area contributed by atoms with Crippen molar-refractivity contribution in [1.29, 1.82) is 0 Å². The zero-order chi connectivity index (χ0) is 25.0. The lowest BCUT2D eigenvalue weighted by atomic mass is 9.88. The van der Waals surface area contributed by atoms with Crippen LogP contribution >= 0.6 is 0 Å². The SMILES string of the molecule is COCC1CN(c2ccc(OC)cn2)CC2(CCN(C(=O)c3ccc(OC(C)C)c(C)c3)CC2)O1. The van der Waals surface area contributed by atoms with Crippen molar-refractivity contribution < 1.29 is 23.7 Å². The Bertz CT molecular complexity index is 1000. The molecule has 2 aliphatic heterocycles. The Morgan fingerprint density at radius 2 is 1.97 bits per heavy atom. The molecule has 2 fully saturated rings. The Morgan fingerprint density at radius 1 is 1.20 bits per heavy atom. The summed E-state index contributed by atoms with van der Waals surface area (Å²) >= 11 is 0. The number of aromatic nitrogens is 1. The summed E-state index contributed by atoms with van der Waals surface area (Å²) in [7, 11) is 3.33. The number of methoxy groups -OCH3 is 2. The van der Waals surface area contributed by atoms with Crippen molar-refractivity contribution in [2.75, 3.05) is 51.9 Å². The number of carbonyl (C=O) groups excluding carboxylic acids is 1. The number of benzene rings is 1. The van der Waals surface area contributed by atoms with Crippen LogP contribution in [0.2, 0.25) is 0 Å². The van der Waals surface area contributed by atoms with Gasteiger partial charge < -0.3 is 28.7 Å². The van der Waals surface area contributed by atoms with E-state index in [9.17, 15) is 4.79 Å². The number of aryl methyl sites for hydroxylation is 1. The topological polar surface area (TPSA) is 73.4 Å². The normalized spacial score (nSPS) is 19.8. The number of ether oxygens (including phenoxy) is 4. The van der Waals surface area contributed by atoms with Crippen LogP contribution < -0.4 is 14.4 Å². The third kappa shape index (κ3) is 5.87. The van der Waals surface area contributed by atoms with E-state index in [4.69, 9.17) is 18.9 Å². The van der Waals surface area contributed by atoms with Gasteiger partial charge in [0, 0.05) is 38.9 Å². The maximum absolute atomic E-state index is 13.3. The molecule has 1 unspecified atom stereocenters. The third-order valence-electron chi connectivity index (χ3n) is 6.70. The molecule has 0 radical (unpaired) electrons. The molecule has 0 saturated carbocycles. The van der Waals surface area contributed by atoms with Crippen molar-refractivity contribution in [2.45, 2.75) is 51.4 Å². The number of morpholine rings is 1. The summed E-state index contributed by atoms with van der Waals surface area (Å²) in [4.78, 5) is 22.1. The lowest BCUT2D eigenvalue weighted by Gasteiger charge is -2.50. The van der Waals surface area contributed by atoms with E-state index in [1.165, 1.54) is 0 Å². The fourth-order valence-electron chi connectivity index (χ4n) is 4.96. The minimum Gasteiger partial charge on any atom is -0.495 e. The van der Waals surface area contributed by atoms with Gasteiger partial charge in [-0.15, -0.1) is 0 Å². The summed E-state index contributed by atoms with van der Waals surface area (Å²) in [6, 6.07) is 9.59. The van der Waals surface area contributed by atoms with E-state index in [-0.39, 0.29) is 23.7 Å². The fraction of sp³-hybridized carbons (Fsp3) is 0.556. The first kappa shape index (κ1) is 25.3. The highest BCUT2D eigenvalue weighted by atomic mass is 16.5. The zero-order valence-corrected chi connectivity index (χ0v) is 21.5. The summed E-state index contributed by atoms with van der Waals surface area (Å²) in [6.07, 6.45) is 3.30. The predicted octanol–water partition coefficient (Wildman–Crippen LogP) is 3.71. The molecule has 1 amide bonds. The maximum Gasteiger partial charge on any atom is 0.253 e. The Balaban J connectivity index is 1.44. The molecule has 35 heavy (non-hydrogen) atoms. The summed E-state index contributed by atoms with van der Waals surface area (Å²) in [5, 5.41) is 0. The van der Waals surface area contributed by atoms with Gasteiger partial charge in [0.2, 0.25) is 0 Å². The van der Waals surface area contributed by atoms with E-state index in [2.05, 4.69) is 9.88 Å². The Hall–Kier alpha value is -2.84. The number of rotatable bonds is 7. The van der Waals surface area contributed by atoms with E-state index in [0.29, 0.717) is 31.8 Å². The zero-order valence-electron chi connectivity index (χ0n) is 21.5. The number of piperidine rings is 1. The molecular formula is C27H37N3O5. The van der Waals surface area contributed by atoms with Crippen LogP contribution in [0.5, 0.6) is 11.5 Å². The Labute approximate surface area is 208 Å². The van der Waals surface area contributed by atoms with Gasteiger partial charge in [-0.2, -0.15) is 0 Å². The van der Waals surface area contributed by atoms with Crippen LogP contribution in [0.4, 0.5) is 5.82 Å². The van der Waals surface area contributed by atoms with Crippen molar-refractivity contribution in [3.8, 4) is 11.5 Å². The molecule has 8 heteroatoms. The molecule has 0 bridgehead atoms. The van der Waals surface area contributed by atoms with E-state index in [0.717, 1.165) is 42.3 Å². The van der Waals surface area contributed by atoms with E-state index >= 15 is 0 Å². The van der Waals surface area contributed by atoms with E-state index < -0.39 is 0 Å². The minimum atomic E-state index is -0.343. The van der Waals surface area contributed by atoms with Crippen LogP contribution in [0, 0.1) is 6.92 Å². The smallest absolute Gasteiger partial charge is 0.253 e. The molecule has 8 nitrogen and oxygen atoms in total. The third-order valence-corrected chi connectivity index (χ3v) is 6.70. The minimum absolute atomic E-state index is 0.0528. The number of hydrogen-bond donors (Lipinski definition) is 0. The fourth-order valence-corrected chi connectivity index (χ4v) is 4.96. The molecule has 190 valence electrons.